The van der Waals surface area contributed by atoms with Crippen LogP contribution in [0.2, 0.25) is 0 Å². The molecule has 1 aliphatic heterocycles. The van der Waals surface area contributed by atoms with Crippen molar-refractivity contribution in [3.8, 4) is 0 Å². The van der Waals surface area contributed by atoms with E-state index >= 15 is 0 Å². The zero-order valence-electron chi connectivity index (χ0n) is 17.7. The van der Waals surface area contributed by atoms with Gasteiger partial charge in [0.1, 0.15) is 11.6 Å². The molecule has 12 nitrogen and oxygen atoms in total. The Morgan fingerprint density at radius 3 is 2.88 bits per heavy atom. The third-order valence-electron chi connectivity index (χ3n) is 4.58. The van der Waals surface area contributed by atoms with Crippen LogP contribution in [0.3, 0.4) is 0 Å². The number of nitrogens with one attached hydrogen (secondary N) is 1. The number of anilines is 1. The van der Waals surface area contributed by atoms with Gasteiger partial charge in [0.15, 0.2) is 0 Å². The fraction of sp³-hybridized carbons (Fsp3) is 0.556. The van der Waals surface area contributed by atoms with Crippen molar-refractivity contribution in [3.63, 3.8) is 0 Å². The lowest BCUT2D eigenvalue weighted by Gasteiger charge is -2.10. The van der Waals surface area contributed by atoms with Crippen LogP contribution >= 0.6 is 23.1 Å². The van der Waals surface area contributed by atoms with Crippen LogP contribution in [0, 0.1) is 6.92 Å². The first-order chi connectivity index (χ1) is 15.4. The van der Waals surface area contributed by atoms with Gasteiger partial charge in [0.2, 0.25) is 11.1 Å². The number of nitrogens with zero attached hydrogens (tertiary/aromatic N) is 4. The molecular weight excluding hydrogens is 460 g/mol. The first-order valence-electron chi connectivity index (χ1n) is 9.80. The minimum Gasteiger partial charge on any atom is -0.460 e. The molecule has 0 spiro atoms. The predicted molar refractivity (Wildman–Crippen MR) is 116 cm³/mol. The minimum absolute atomic E-state index is 0.00703. The average Bonchev–Trinajstić information content (AvgIpc) is 3.48. The number of ether oxygens (including phenoxy) is 3. The second-order valence-electron chi connectivity index (χ2n) is 6.87. The van der Waals surface area contributed by atoms with Gasteiger partial charge in [-0.2, -0.15) is 0 Å². The van der Waals surface area contributed by atoms with Crippen molar-refractivity contribution in [2.24, 2.45) is 5.73 Å². The molecule has 174 valence electrons. The van der Waals surface area contributed by atoms with E-state index in [0.29, 0.717) is 17.3 Å². The summed E-state index contributed by atoms with van der Waals surface area (Å²) in [5.41, 5.74) is 5.86. The topological polar surface area (TPSA) is 161 Å². The minimum atomic E-state index is -0.693. The lowest BCUT2D eigenvalue weighted by molar-refractivity contribution is -0.113. The Hall–Kier alpha value is -2.55. The number of esters is 1. The lowest BCUT2D eigenvalue weighted by atomic mass is 10.1. The number of carbonyl (C=O) groups excluding carboxylic acids is 3. The fourth-order valence-corrected chi connectivity index (χ4v) is 4.81. The number of hydrogen-bond acceptors (Lipinski definition) is 11. The molecule has 14 heteroatoms. The van der Waals surface area contributed by atoms with Gasteiger partial charge < -0.3 is 25.3 Å². The summed E-state index contributed by atoms with van der Waals surface area (Å²) in [6.45, 7) is 3.07. The van der Waals surface area contributed by atoms with E-state index in [-0.39, 0.29) is 40.5 Å². The lowest BCUT2D eigenvalue weighted by Crippen LogP contribution is -2.19. The summed E-state index contributed by atoms with van der Waals surface area (Å²) in [6.07, 6.45) is 1.99. The molecule has 1 unspecified atom stereocenters. The van der Waals surface area contributed by atoms with E-state index in [1.807, 2.05) is 0 Å². The number of primary amides is 1. The normalized spacial score (nSPS) is 15.6. The number of nitrogens with two attached hydrogens (primary N) is 1. The monoisotopic (exact) mass is 484 g/mol. The van der Waals surface area contributed by atoms with E-state index < -0.39 is 17.8 Å². The molecule has 32 heavy (non-hydrogen) atoms. The SMILES string of the molecule is COCCOC(=O)c1c(NC(=O)CSc2nnnn2CC2CCCO2)sc(C(N)=O)c1C. The van der Waals surface area contributed by atoms with Gasteiger partial charge in [0.05, 0.1) is 35.4 Å². The molecule has 0 radical (unpaired) electrons. The van der Waals surface area contributed by atoms with Crippen LogP contribution in [0.4, 0.5) is 5.00 Å². The first-order valence-corrected chi connectivity index (χ1v) is 11.6. The number of carbonyl (C=O) groups is 3. The molecular formula is C18H24N6O6S2. The van der Waals surface area contributed by atoms with Crippen molar-refractivity contribution >= 4 is 45.9 Å². The molecule has 0 saturated carbocycles. The van der Waals surface area contributed by atoms with E-state index in [1.54, 1.807) is 11.6 Å². The van der Waals surface area contributed by atoms with E-state index in [1.165, 1.54) is 7.11 Å². The van der Waals surface area contributed by atoms with Crippen molar-refractivity contribution in [1.82, 2.24) is 20.2 Å². The molecule has 0 aliphatic carbocycles. The third kappa shape index (κ3) is 6.03. The molecule has 3 heterocycles. The Morgan fingerprint density at radius 1 is 1.38 bits per heavy atom. The Kier molecular flexibility index (Phi) is 8.55. The Labute approximate surface area is 192 Å². The van der Waals surface area contributed by atoms with Crippen molar-refractivity contribution in [2.75, 3.05) is 38.0 Å². The standard InChI is InChI=1S/C18H24N6O6S2/c1-10-13(17(27)30-7-6-28-2)16(32-14(10)15(19)26)20-12(25)9-31-18-21-22-23-24(18)8-11-4-3-5-29-11/h11H,3-9H2,1-2H3,(H2,19,26)(H,20,25). The van der Waals surface area contributed by atoms with Crippen molar-refractivity contribution in [1.29, 1.82) is 0 Å². The number of thiophene rings is 1. The molecule has 0 aromatic carbocycles. The van der Waals surface area contributed by atoms with Crippen LogP contribution in [0.1, 0.15) is 38.4 Å². The number of rotatable bonds is 11. The molecule has 0 bridgehead atoms. The maximum Gasteiger partial charge on any atom is 0.341 e. The summed E-state index contributed by atoms with van der Waals surface area (Å²) < 4.78 is 17.2. The smallest absolute Gasteiger partial charge is 0.341 e. The Bertz CT molecular complexity index is 971. The van der Waals surface area contributed by atoms with Crippen molar-refractivity contribution in [2.45, 2.75) is 37.6 Å². The molecule has 1 fully saturated rings. The summed E-state index contributed by atoms with van der Waals surface area (Å²) in [6, 6.07) is 0. The van der Waals surface area contributed by atoms with E-state index in [9.17, 15) is 14.4 Å². The van der Waals surface area contributed by atoms with Crippen LogP contribution in [0.15, 0.2) is 5.16 Å². The number of aromatic nitrogens is 4. The van der Waals surface area contributed by atoms with E-state index in [2.05, 4.69) is 20.8 Å². The fourth-order valence-electron chi connectivity index (χ4n) is 3.06. The van der Waals surface area contributed by atoms with E-state index in [4.69, 9.17) is 19.9 Å². The van der Waals surface area contributed by atoms with Crippen LogP contribution < -0.4 is 11.1 Å². The highest BCUT2D eigenvalue weighted by molar-refractivity contribution is 7.99. The quantitative estimate of drug-likeness (QED) is 0.266. The van der Waals surface area contributed by atoms with Crippen LogP contribution in [0.25, 0.3) is 0 Å². The van der Waals surface area contributed by atoms with Crippen LogP contribution in [0.5, 0.6) is 0 Å². The van der Waals surface area contributed by atoms with Gasteiger partial charge in [-0.05, 0) is 35.8 Å². The summed E-state index contributed by atoms with van der Waals surface area (Å²) in [4.78, 5) is 37.0. The Morgan fingerprint density at radius 2 is 2.19 bits per heavy atom. The van der Waals surface area contributed by atoms with Gasteiger partial charge in [-0.1, -0.05) is 11.8 Å². The van der Waals surface area contributed by atoms with Gasteiger partial charge in [-0.3, -0.25) is 9.59 Å². The molecule has 1 atom stereocenters. The Balaban J connectivity index is 1.65. The number of thioether (sulfide) groups is 1. The molecule has 1 saturated heterocycles. The summed E-state index contributed by atoms with van der Waals surface area (Å²) in [7, 11) is 1.48. The van der Waals surface area contributed by atoms with Crippen LogP contribution in [-0.2, 0) is 25.5 Å². The largest absolute Gasteiger partial charge is 0.460 e. The van der Waals surface area contributed by atoms with Crippen molar-refractivity contribution < 1.29 is 28.6 Å². The van der Waals surface area contributed by atoms with Crippen molar-refractivity contribution in [3.05, 3.63) is 16.0 Å². The maximum atomic E-state index is 12.6. The number of hydrogen-bond donors (Lipinski definition) is 2. The zero-order chi connectivity index (χ0) is 23.1. The van der Waals surface area contributed by atoms with Gasteiger partial charge in [-0.15, -0.1) is 16.4 Å². The zero-order valence-corrected chi connectivity index (χ0v) is 19.3. The summed E-state index contributed by atoms with van der Waals surface area (Å²) in [5.74, 6) is -1.77. The van der Waals surface area contributed by atoms with Gasteiger partial charge in [0, 0.05) is 13.7 Å². The van der Waals surface area contributed by atoms with Gasteiger partial charge in [0.25, 0.3) is 5.91 Å². The molecule has 3 rings (SSSR count). The first kappa shape index (κ1) is 24.1. The number of tetrazole rings is 1. The molecule has 2 aromatic rings. The van der Waals surface area contributed by atoms with Gasteiger partial charge in [-0.25, -0.2) is 9.48 Å². The highest BCUT2D eigenvalue weighted by atomic mass is 32.2. The molecule has 2 amide bonds. The van der Waals surface area contributed by atoms with Gasteiger partial charge >= 0.3 is 5.97 Å². The summed E-state index contributed by atoms with van der Waals surface area (Å²) in [5, 5.41) is 14.9. The molecule has 1 aliphatic rings. The molecule has 3 N–H and O–H groups in total. The average molecular weight is 485 g/mol. The highest BCUT2D eigenvalue weighted by Gasteiger charge is 2.26. The highest BCUT2D eigenvalue weighted by Crippen LogP contribution is 2.33. The number of methoxy groups -OCH3 is 1. The maximum absolute atomic E-state index is 12.6. The second-order valence-corrected chi connectivity index (χ2v) is 8.83. The van der Waals surface area contributed by atoms with E-state index in [0.717, 1.165) is 42.5 Å². The summed E-state index contributed by atoms with van der Waals surface area (Å²) >= 11 is 2.08. The molecule has 2 aromatic heterocycles. The predicted octanol–water partition coefficient (Wildman–Crippen LogP) is 0.855. The third-order valence-corrected chi connectivity index (χ3v) is 6.76. The van der Waals surface area contributed by atoms with Crippen LogP contribution in [-0.4, -0.2) is 76.8 Å². The number of amides is 2. The second kappa shape index (κ2) is 11.4.